The van der Waals surface area contributed by atoms with Crippen molar-refractivity contribution in [1.82, 2.24) is 9.80 Å². The Balaban J connectivity index is 0.000000162. The second kappa shape index (κ2) is 11.4. The van der Waals surface area contributed by atoms with E-state index < -0.39 is 12.0 Å². The lowest BCUT2D eigenvalue weighted by atomic mass is 9.85. The van der Waals surface area contributed by atoms with Gasteiger partial charge in [-0.05, 0) is 76.2 Å². The zero-order valence-corrected chi connectivity index (χ0v) is 22.3. The maximum absolute atomic E-state index is 12.3. The third kappa shape index (κ3) is 5.46. The third-order valence-corrected chi connectivity index (χ3v) is 9.32. The molecule has 4 aliphatic heterocycles. The Labute approximate surface area is 220 Å². The summed E-state index contributed by atoms with van der Waals surface area (Å²) in [6.07, 6.45) is 7.84. The summed E-state index contributed by atoms with van der Waals surface area (Å²) >= 11 is 0. The first-order chi connectivity index (χ1) is 18.0. The fourth-order valence-electron chi connectivity index (χ4n) is 7.18. The topological polar surface area (TPSA) is 59.1 Å². The van der Waals surface area contributed by atoms with Crippen molar-refractivity contribution in [1.29, 1.82) is 0 Å². The van der Waals surface area contributed by atoms with Gasteiger partial charge in [-0.2, -0.15) is 0 Å². The summed E-state index contributed by atoms with van der Waals surface area (Å²) in [5.41, 5.74) is 2.07. The molecule has 7 atom stereocenters. The summed E-state index contributed by atoms with van der Waals surface area (Å²) in [6, 6.07) is 22.1. The number of hydrogen-bond donors (Lipinski definition) is 0. The van der Waals surface area contributed by atoms with Crippen molar-refractivity contribution in [2.45, 2.75) is 81.1 Å². The monoisotopic (exact) mass is 504 g/mol. The van der Waals surface area contributed by atoms with Gasteiger partial charge in [0.05, 0.1) is 12.7 Å². The molecule has 0 radical (unpaired) electrons. The lowest BCUT2D eigenvalue weighted by Gasteiger charge is -2.40. The molecule has 4 saturated heterocycles. The molecule has 37 heavy (non-hydrogen) atoms. The molecule has 4 fully saturated rings. The van der Waals surface area contributed by atoms with Gasteiger partial charge in [0.1, 0.15) is 12.0 Å². The van der Waals surface area contributed by atoms with Crippen LogP contribution >= 0.6 is 0 Å². The van der Waals surface area contributed by atoms with Gasteiger partial charge in [0.15, 0.2) is 0 Å². The number of rotatable bonds is 4. The molecular weight excluding hydrogens is 464 g/mol. The van der Waals surface area contributed by atoms with Gasteiger partial charge in [-0.15, -0.1) is 0 Å². The summed E-state index contributed by atoms with van der Waals surface area (Å²) in [6.45, 7) is 0. The highest BCUT2D eigenvalue weighted by Gasteiger charge is 2.51. The molecular formula is C31H40N2O4. The SMILES string of the molecule is CN1[C@@H]2CC[C@H]1C[C@H](c1ccccc1)C2.COC(=O)[C@H]1[C@@H](OC(=O)c2ccccc2)C[C@@H]2CC[C@H]1N2C. The normalized spacial score (nSPS) is 32.8. The molecule has 0 N–H and O–H groups in total. The third-order valence-electron chi connectivity index (χ3n) is 9.32. The van der Waals surface area contributed by atoms with Gasteiger partial charge in [-0.25, -0.2) is 4.79 Å². The highest BCUT2D eigenvalue weighted by Crippen LogP contribution is 2.42. The van der Waals surface area contributed by atoms with Crippen molar-refractivity contribution in [2.24, 2.45) is 5.92 Å². The summed E-state index contributed by atoms with van der Waals surface area (Å²) in [4.78, 5) is 29.3. The van der Waals surface area contributed by atoms with E-state index in [4.69, 9.17) is 9.47 Å². The molecule has 2 aromatic rings. The van der Waals surface area contributed by atoms with Crippen molar-refractivity contribution in [3.63, 3.8) is 0 Å². The molecule has 4 bridgehead atoms. The second-order valence-corrected chi connectivity index (χ2v) is 11.2. The maximum atomic E-state index is 12.3. The van der Waals surface area contributed by atoms with Crippen LogP contribution < -0.4 is 0 Å². The van der Waals surface area contributed by atoms with Crippen molar-refractivity contribution in [3.8, 4) is 0 Å². The minimum absolute atomic E-state index is 0.0970. The molecule has 0 spiro atoms. The van der Waals surface area contributed by atoms with E-state index in [2.05, 4.69) is 47.2 Å². The molecule has 6 nitrogen and oxygen atoms in total. The summed E-state index contributed by atoms with van der Waals surface area (Å²) in [5, 5.41) is 0. The molecule has 4 heterocycles. The van der Waals surface area contributed by atoms with Crippen LogP contribution in [0.1, 0.15) is 66.8 Å². The molecule has 0 aliphatic carbocycles. The van der Waals surface area contributed by atoms with Crippen molar-refractivity contribution in [3.05, 3.63) is 71.8 Å². The summed E-state index contributed by atoms with van der Waals surface area (Å²) in [7, 11) is 5.73. The predicted octanol–water partition coefficient (Wildman–Crippen LogP) is 4.89. The first kappa shape index (κ1) is 25.9. The Morgan fingerprint density at radius 3 is 1.95 bits per heavy atom. The van der Waals surface area contributed by atoms with Gasteiger partial charge in [0.2, 0.25) is 0 Å². The number of piperidine rings is 2. The van der Waals surface area contributed by atoms with Crippen LogP contribution in [0, 0.1) is 5.92 Å². The van der Waals surface area contributed by atoms with E-state index >= 15 is 0 Å². The van der Waals surface area contributed by atoms with Crippen molar-refractivity contribution >= 4 is 11.9 Å². The largest absolute Gasteiger partial charge is 0.469 e. The quantitative estimate of drug-likeness (QED) is 0.553. The number of hydrogen-bond acceptors (Lipinski definition) is 6. The standard InChI is InChI=1S/C17H21NO4.C14H19N/c1-18-12-8-9-13(18)15(17(20)21-2)14(10-12)22-16(19)11-6-4-3-5-7-11;1-15-13-7-8-14(15)10-12(9-13)11-5-3-2-4-6-11/h3-7,12-15H,8-10H2,1-2H3;2-6,12-14H,7-10H2,1H3/t12-,13+,14-,15+;12-,13-,14+/m0./s1. The van der Waals surface area contributed by atoms with Gasteiger partial charge >= 0.3 is 11.9 Å². The minimum atomic E-state index is -0.408. The van der Waals surface area contributed by atoms with E-state index in [-0.39, 0.29) is 18.0 Å². The number of methoxy groups -OCH3 is 1. The molecule has 6 rings (SSSR count). The fourth-order valence-corrected chi connectivity index (χ4v) is 7.18. The number of fused-ring (bicyclic) bond motifs is 4. The number of benzene rings is 2. The molecule has 198 valence electrons. The van der Waals surface area contributed by atoms with Gasteiger partial charge in [0, 0.05) is 30.6 Å². The van der Waals surface area contributed by atoms with Crippen LogP contribution in [-0.4, -0.2) is 73.2 Å². The van der Waals surface area contributed by atoms with Crippen LogP contribution in [-0.2, 0) is 14.3 Å². The molecule has 0 aromatic heterocycles. The number of ether oxygens (including phenoxy) is 2. The van der Waals surface area contributed by atoms with E-state index in [9.17, 15) is 9.59 Å². The Kier molecular flexibility index (Phi) is 7.96. The Hall–Kier alpha value is -2.70. The van der Waals surface area contributed by atoms with Crippen LogP contribution in [0.2, 0.25) is 0 Å². The van der Waals surface area contributed by atoms with Crippen LogP contribution in [0.3, 0.4) is 0 Å². The fraction of sp³-hybridized carbons (Fsp3) is 0.548. The van der Waals surface area contributed by atoms with E-state index in [1.54, 1.807) is 29.8 Å². The number of nitrogens with zero attached hydrogens (tertiary/aromatic N) is 2. The lowest BCUT2D eigenvalue weighted by molar-refractivity contribution is -0.156. The average Bonchev–Trinajstić information content (AvgIpc) is 3.27. The summed E-state index contributed by atoms with van der Waals surface area (Å²) in [5.74, 6) is -0.243. The number of carbonyl (C=O) groups excluding carboxylic acids is 2. The Morgan fingerprint density at radius 2 is 1.32 bits per heavy atom. The van der Waals surface area contributed by atoms with Gasteiger partial charge < -0.3 is 14.4 Å². The highest BCUT2D eigenvalue weighted by atomic mass is 16.6. The van der Waals surface area contributed by atoms with Crippen molar-refractivity contribution in [2.75, 3.05) is 21.2 Å². The molecule has 6 heteroatoms. The zero-order valence-electron chi connectivity index (χ0n) is 22.3. The van der Waals surface area contributed by atoms with Crippen LogP contribution in [0.25, 0.3) is 0 Å². The van der Waals surface area contributed by atoms with E-state index in [1.165, 1.54) is 32.8 Å². The smallest absolute Gasteiger partial charge is 0.338 e. The summed E-state index contributed by atoms with van der Waals surface area (Å²) < 4.78 is 10.6. The van der Waals surface area contributed by atoms with E-state index in [0.717, 1.165) is 30.8 Å². The van der Waals surface area contributed by atoms with E-state index in [1.807, 2.05) is 13.1 Å². The molecule has 4 aliphatic rings. The predicted molar refractivity (Wildman–Crippen MR) is 143 cm³/mol. The highest BCUT2D eigenvalue weighted by molar-refractivity contribution is 5.89. The van der Waals surface area contributed by atoms with Gasteiger partial charge in [-0.1, -0.05) is 48.5 Å². The average molecular weight is 505 g/mol. The number of carbonyl (C=O) groups is 2. The second-order valence-electron chi connectivity index (χ2n) is 11.2. The molecule has 2 aromatic carbocycles. The van der Waals surface area contributed by atoms with E-state index in [0.29, 0.717) is 18.0 Å². The minimum Gasteiger partial charge on any atom is -0.469 e. The Morgan fingerprint density at radius 1 is 0.757 bits per heavy atom. The first-order valence-corrected chi connectivity index (χ1v) is 13.8. The Bertz CT molecular complexity index is 1050. The van der Waals surface area contributed by atoms with Crippen LogP contribution in [0.4, 0.5) is 0 Å². The maximum Gasteiger partial charge on any atom is 0.338 e. The molecule has 0 amide bonds. The zero-order chi connectivity index (χ0) is 25.9. The number of esters is 2. The molecule has 0 saturated carbocycles. The van der Waals surface area contributed by atoms with Gasteiger partial charge in [0.25, 0.3) is 0 Å². The van der Waals surface area contributed by atoms with Crippen LogP contribution in [0.15, 0.2) is 60.7 Å². The van der Waals surface area contributed by atoms with Crippen molar-refractivity contribution < 1.29 is 19.1 Å². The van der Waals surface area contributed by atoms with Crippen LogP contribution in [0.5, 0.6) is 0 Å². The first-order valence-electron chi connectivity index (χ1n) is 13.8. The van der Waals surface area contributed by atoms with Gasteiger partial charge in [-0.3, -0.25) is 9.69 Å². The lowest BCUT2D eigenvalue weighted by Crippen LogP contribution is -2.53. The molecule has 0 unspecified atom stereocenters.